The van der Waals surface area contributed by atoms with Gasteiger partial charge < -0.3 is 24.3 Å². The van der Waals surface area contributed by atoms with Crippen LogP contribution in [0.25, 0.3) is 0 Å². The fraction of sp³-hybridized carbons (Fsp3) is 0.435. The number of hydrogen-bond acceptors (Lipinski definition) is 7. The first-order valence-electron chi connectivity index (χ1n) is 10.6. The normalized spacial score (nSPS) is 13.7. The number of sulfonamides is 1. The van der Waals surface area contributed by atoms with Gasteiger partial charge in [0.25, 0.3) is 0 Å². The predicted octanol–water partition coefficient (Wildman–Crippen LogP) is 2.90. The summed E-state index contributed by atoms with van der Waals surface area (Å²) in [5.74, 6) is 2.20. The Kier molecular flexibility index (Phi) is 7.91. The third-order valence-electron chi connectivity index (χ3n) is 5.26. The second-order valence-electron chi connectivity index (χ2n) is 7.66. The van der Waals surface area contributed by atoms with Crippen LogP contribution in [0.2, 0.25) is 0 Å². The smallest absolute Gasteiger partial charge is 0.232 e. The SMILES string of the molecule is COc1ccc(OC)c(C(C)NC(=O)CCCN(c2ccc3c(c2)OCCO3)S(C)(=O)=O)c1. The van der Waals surface area contributed by atoms with Crippen LogP contribution in [0.4, 0.5) is 5.69 Å². The maximum absolute atomic E-state index is 12.6. The number of carbonyl (C=O) groups excluding carboxylic acids is 1. The van der Waals surface area contributed by atoms with E-state index in [2.05, 4.69) is 5.32 Å². The predicted molar refractivity (Wildman–Crippen MR) is 125 cm³/mol. The van der Waals surface area contributed by atoms with Crippen LogP contribution >= 0.6 is 0 Å². The summed E-state index contributed by atoms with van der Waals surface area (Å²) in [4.78, 5) is 12.6. The largest absolute Gasteiger partial charge is 0.497 e. The van der Waals surface area contributed by atoms with Gasteiger partial charge in [-0.1, -0.05) is 0 Å². The van der Waals surface area contributed by atoms with Crippen molar-refractivity contribution >= 4 is 21.6 Å². The van der Waals surface area contributed by atoms with Crippen LogP contribution in [0.5, 0.6) is 23.0 Å². The molecule has 0 radical (unpaired) electrons. The minimum absolute atomic E-state index is 0.156. The minimum Gasteiger partial charge on any atom is -0.497 e. The number of benzene rings is 2. The second-order valence-corrected chi connectivity index (χ2v) is 9.57. The second kappa shape index (κ2) is 10.7. The molecule has 1 N–H and O–H groups in total. The molecule has 33 heavy (non-hydrogen) atoms. The lowest BCUT2D eigenvalue weighted by Gasteiger charge is -2.25. The molecule has 3 rings (SSSR count). The summed E-state index contributed by atoms with van der Waals surface area (Å²) in [6.07, 6.45) is 1.64. The number of anilines is 1. The monoisotopic (exact) mass is 478 g/mol. The molecule has 9 nitrogen and oxygen atoms in total. The fourth-order valence-electron chi connectivity index (χ4n) is 3.63. The van der Waals surface area contributed by atoms with Crippen molar-refractivity contribution in [2.45, 2.75) is 25.8 Å². The molecule has 1 unspecified atom stereocenters. The van der Waals surface area contributed by atoms with Crippen LogP contribution in [0.1, 0.15) is 31.4 Å². The van der Waals surface area contributed by atoms with Crippen LogP contribution in [0.15, 0.2) is 36.4 Å². The highest BCUT2D eigenvalue weighted by Crippen LogP contribution is 2.35. The molecule has 0 fully saturated rings. The molecule has 1 amide bonds. The number of methoxy groups -OCH3 is 2. The van der Waals surface area contributed by atoms with E-state index in [1.165, 1.54) is 4.31 Å². The average Bonchev–Trinajstić information content (AvgIpc) is 2.80. The highest BCUT2D eigenvalue weighted by atomic mass is 32.2. The first kappa shape index (κ1) is 24.5. The van der Waals surface area contributed by atoms with E-state index in [1.54, 1.807) is 44.6 Å². The Balaban J connectivity index is 1.62. The van der Waals surface area contributed by atoms with Gasteiger partial charge in [-0.3, -0.25) is 9.10 Å². The van der Waals surface area contributed by atoms with E-state index in [4.69, 9.17) is 18.9 Å². The van der Waals surface area contributed by atoms with Gasteiger partial charge in [0.2, 0.25) is 15.9 Å². The van der Waals surface area contributed by atoms with E-state index < -0.39 is 10.0 Å². The van der Waals surface area contributed by atoms with Gasteiger partial charge in [-0.15, -0.1) is 0 Å². The van der Waals surface area contributed by atoms with Crippen molar-refractivity contribution in [2.24, 2.45) is 0 Å². The summed E-state index contributed by atoms with van der Waals surface area (Å²) in [7, 11) is -0.410. The van der Waals surface area contributed by atoms with Crippen LogP contribution in [-0.2, 0) is 14.8 Å². The molecule has 180 valence electrons. The molecule has 0 bridgehead atoms. The van der Waals surface area contributed by atoms with Crippen molar-refractivity contribution in [3.63, 3.8) is 0 Å². The van der Waals surface area contributed by atoms with Crippen LogP contribution in [-0.4, -0.2) is 54.6 Å². The molecule has 2 aromatic carbocycles. The van der Waals surface area contributed by atoms with Gasteiger partial charge in [-0.25, -0.2) is 8.42 Å². The standard InChI is InChI=1S/C23H30N2O7S/c1-16(19-15-18(29-2)8-10-20(19)30-3)24-23(26)6-5-11-25(33(4,27)28)17-7-9-21-22(14-17)32-13-12-31-21/h7-10,14-16H,5-6,11-13H2,1-4H3,(H,24,26). The molecule has 0 saturated heterocycles. The summed E-state index contributed by atoms with van der Waals surface area (Å²) in [5.41, 5.74) is 1.26. The average molecular weight is 479 g/mol. The number of amides is 1. The Hall–Kier alpha value is -3.14. The molecule has 2 aromatic rings. The Morgan fingerprint density at radius 3 is 2.48 bits per heavy atom. The molecule has 0 aliphatic carbocycles. The molecule has 0 aromatic heterocycles. The summed E-state index contributed by atoms with van der Waals surface area (Å²) in [6.45, 7) is 2.87. The summed E-state index contributed by atoms with van der Waals surface area (Å²) in [5, 5.41) is 2.94. The van der Waals surface area contributed by atoms with Gasteiger partial charge in [0.15, 0.2) is 11.5 Å². The fourth-order valence-corrected chi connectivity index (χ4v) is 4.58. The Bertz CT molecular complexity index is 1090. The number of ether oxygens (including phenoxy) is 4. The van der Waals surface area contributed by atoms with Crippen molar-refractivity contribution in [1.29, 1.82) is 0 Å². The number of rotatable bonds is 10. The van der Waals surface area contributed by atoms with Gasteiger partial charge in [0, 0.05) is 24.6 Å². The van der Waals surface area contributed by atoms with Gasteiger partial charge in [-0.2, -0.15) is 0 Å². The summed E-state index contributed by atoms with van der Waals surface area (Å²) < 4.78 is 47.8. The first-order chi connectivity index (χ1) is 15.7. The maximum Gasteiger partial charge on any atom is 0.232 e. The van der Waals surface area contributed by atoms with Crippen molar-refractivity contribution in [3.8, 4) is 23.0 Å². The molecule has 0 saturated carbocycles. The Morgan fingerprint density at radius 1 is 1.09 bits per heavy atom. The molecule has 1 aliphatic heterocycles. The van der Waals surface area contributed by atoms with Crippen LogP contribution < -0.4 is 28.6 Å². The van der Waals surface area contributed by atoms with E-state index in [0.717, 1.165) is 11.8 Å². The number of nitrogens with one attached hydrogen (secondary N) is 1. The molecular weight excluding hydrogens is 448 g/mol. The van der Waals surface area contributed by atoms with Crippen molar-refractivity contribution in [2.75, 3.05) is 44.5 Å². The molecule has 10 heteroatoms. The van der Waals surface area contributed by atoms with Crippen molar-refractivity contribution < 1.29 is 32.2 Å². The topological polar surface area (TPSA) is 103 Å². The molecule has 1 heterocycles. The van der Waals surface area contributed by atoms with Gasteiger partial charge >= 0.3 is 0 Å². The molecular formula is C23H30N2O7S. The Morgan fingerprint density at radius 2 is 1.82 bits per heavy atom. The number of hydrogen-bond donors (Lipinski definition) is 1. The first-order valence-corrected chi connectivity index (χ1v) is 12.5. The third kappa shape index (κ3) is 6.22. The van der Waals surface area contributed by atoms with E-state index in [-0.39, 0.29) is 24.9 Å². The van der Waals surface area contributed by atoms with Crippen LogP contribution in [0.3, 0.4) is 0 Å². The van der Waals surface area contributed by atoms with Gasteiger partial charge in [0.1, 0.15) is 24.7 Å². The van der Waals surface area contributed by atoms with E-state index >= 15 is 0 Å². The Labute approximate surface area is 194 Å². The quantitative estimate of drug-likeness (QED) is 0.560. The third-order valence-corrected chi connectivity index (χ3v) is 6.45. The summed E-state index contributed by atoms with van der Waals surface area (Å²) >= 11 is 0. The van der Waals surface area contributed by atoms with Crippen LogP contribution in [0, 0.1) is 0 Å². The number of fused-ring (bicyclic) bond motifs is 1. The lowest BCUT2D eigenvalue weighted by atomic mass is 10.1. The van der Waals surface area contributed by atoms with Crippen molar-refractivity contribution in [3.05, 3.63) is 42.0 Å². The van der Waals surface area contributed by atoms with Crippen molar-refractivity contribution in [1.82, 2.24) is 5.32 Å². The molecule has 1 atom stereocenters. The van der Waals surface area contributed by atoms with Gasteiger partial charge in [0.05, 0.1) is 32.2 Å². The number of nitrogens with zero attached hydrogens (tertiary/aromatic N) is 1. The zero-order valence-corrected chi connectivity index (χ0v) is 20.1. The van der Waals surface area contributed by atoms with E-state index in [0.29, 0.717) is 48.3 Å². The van der Waals surface area contributed by atoms with E-state index in [9.17, 15) is 13.2 Å². The van der Waals surface area contributed by atoms with Gasteiger partial charge in [-0.05, 0) is 43.7 Å². The van der Waals surface area contributed by atoms with E-state index in [1.807, 2.05) is 13.0 Å². The highest BCUT2D eigenvalue weighted by Gasteiger charge is 2.21. The molecule has 0 spiro atoms. The maximum atomic E-state index is 12.6. The zero-order chi connectivity index (χ0) is 24.0. The number of carbonyl (C=O) groups is 1. The lowest BCUT2D eigenvalue weighted by Crippen LogP contribution is -2.32. The molecule has 1 aliphatic rings. The summed E-state index contributed by atoms with van der Waals surface area (Å²) in [6, 6.07) is 10.1. The zero-order valence-electron chi connectivity index (χ0n) is 19.3. The minimum atomic E-state index is -3.55. The lowest BCUT2D eigenvalue weighted by molar-refractivity contribution is -0.121. The highest BCUT2D eigenvalue weighted by molar-refractivity contribution is 7.92.